The van der Waals surface area contributed by atoms with Crippen molar-refractivity contribution >= 4 is 11.9 Å². The van der Waals surface area contributed by atoms with E-state index in [4.69, 9.17) is 0 Å². The zero-order chi connectivity index (χ0) is 11.3. The average Bonchev–Trinajstić information content (AvgIpc) is 2.25. The second kappa shape index (κ2) is 5.04. The highest BCUT2D eigenvalue weighted by atomic mass is 19.1. The Kier molecular flexibility index (Phi) is 3.73. The molecule has 15 heavy (non-hydrogen) atoms. The Morgan fingerprint density at radius 3 is 2.87 bits per heavy atom. The lowest BCUT2D eigenvalue weighted by Gasteiger charge is -2.02. The van der Waals surface area contributed by atoms with E-state index >= 15 is 0 Å². The molecule has 1 heterocycles. The molecular weight excluding hydrogens is 203 g/mol. The molecule has 0 unspecified atom stereocenters. The van der Waals surface area contributed by atoms with Gasteiger partial charge in [-0.05, 0) is 12.1 Å². The van der Waals surface area contributed by atoms with E-state index in [1.165, 1.54) is 19.2 Å². The topological polar surface area (TPSA) is 68.3 Å². The summed E-state index contributed by atoms with van der Waals surface area (Å²) in [6.45, 7) is -0.462. The molecule has 0 aliphatic carbocycles. The number of ether oxygens (including phenoxy) is 1. The second-order valence-corrected chi connectivity index (χ2v) is 2.59. The fraction of sp³-hybridized carbons (Fsp3) is 0.222. The van der Waals surface area contributed by atoms with E-state index in [1.54, 1.807) is 0 Å². The zero-order valence-electron chi connectivity index (χ0n) is 7.99. The molecule has 1 N–H and O–H groups in total. The fourth-order valence-corrected chi connectivity index (χ4v) is 0.841. The molecule has 0 atom stereocenters. The summed E-state index contributed by atoms with van der Waals surface area (Å²) in [5.74, 6) is -1.31. The number of alkyl carbamates (subject to hydrolysis) is 1. The molecule has 0 spiro atoms. The number of amides is 1. The highest BCUT2D eigenvalue weighted by Crippen LogP contribution is 1.99. The van der Waals surface area contributed by atoms with Crippen LogP contribution in [0.5, 0.6) is 0 Å². The molecule has 0 saturated heterocycles. The van der Waals surface area contributed by atoms with Crippen molar-refractivity contribution in [1.29, 1.82) is 0 Å². The first-order valence-corrected chi connectivity index (χ1v) is 4.13. The Bertz CT molecular complexity index is 381. The summed E-state index contributed by atoms with van der Waals surface area (Å²) >= 11 is 0. The largest absolute Gasteiger partial charge is 0.441 e. The van der Waals surface area contributed by atoms with Gasteiger partial charge in [-0.1, -0.05) is 6.07 Å². The Balaban J connectivity index is 2.58. The molecule has 0 aliphatic heterocycles. The number of pyridine rings is 1. The molecule has 1 aromatic heterocycles. The van der Waals surface area contributed by atoms with Crippen LogP contribution in [-0.2, 0) is 4.74 Å². The maximum atomic E-state index is 12.6. The summed E-state index contributed by atoms with van der Waals surface area (Å²) in [6, 6.07) is 3.82. The standard InChI is InChI=1S/C9H9FN2O3/c1-11-9(14)15-5-7(13)6-3-2-4-8(10)12-6/h2-4H,5H2,1H3,(H,11,14). The summed E-state index contributed by atoms with van der Waals surface area (Å²) in [5, 5.41) is 2.18. The number of hydrogen-bond acceptors (Lipinski definition) is 4. The lowest BCUT2D eigenvalue weighted by Crippen LogP contribution is -2.23. The molecule has 0 aliphatic rings. The van der Waals surface area contributed by atoms with Gasteiger partial charge in [0.1, 0.15) is 5.69 Å². The summed E-state index contributed by atoms with van der Waals surface area (Å²) in [5.41, 5.74) is -0.0705. The highest BCUT2D eigenvalue weighted by molar-refractivity contribution is 5.96. The van der Waals surface area contributed by atoms with Crippen molar-refractivity contribution in [3.8, 4) is 0 Å². The van der Waals surface area contributed by atoms with Crippen LogP contribution in [0.15, 0.2) is 18.2 Å². The second-order valence-electron chi connectivity index (χ2n) is 2.59. The van der Waals surface area contributed by atoms with Crippen molar-refractivity contribution in [3.05, 3.63) is 29.8 Å². The van der Waals surface area contributed by atoms with E-state index < -0.39 is 24.4 Å². The first-order valence-electron chi connectivity index (χ1n) is 4.13. The third-order valence-corrected chi connectivity index (χ3v) is 1.54. The maximum Gasteiger partial charge on any atom is 0.407 e. The van der Waals surface area contributed by atoms with Gasteiger partial charge >= 0.3 is 6.09 Å². The van der Waals surface area contributed by atoms with Crippen molar-refractivity contribution in [3.63, 3.8) is 0 Å². The molecule has 6 heteroatoms. The Hall–Kier alpha value is -1.98. The van der Waals surface area contributed by atoms with Crippen LogP contribution < -0.4 is 5.32 Å². The third kappa shape index (κ3) is 3.34. The molecule has 5 nitrogen and oxygen atoms in total. The van der Waals surface area contributed by atoms with E-state index in [0.717, 1.165) is 6.07 Å². The van der Waals surface area contributed by atoms with E-state index in [2.05, 4.69) is 15.0 Å². The highest BCUT2D eigenvalue weighted by Gasteiger charge is 2.10. The van der Waals surface area contributed by atoms with Gasteiger partial charge in [0.25, 0.3) is 0 Å². The molecule has 1 rings (SSSR count). The molecule has 0 saturated carbocycles. The normalized spacial score (nSPS) is 9.47. The number of Topliss-reactive ketones (excluding diaryl/α,β-unsaturated/α-hetero) is 1. The van der Waals surface area contributed by atoms with Crippen LogP contribution in [0.25, 0.3) is 0 Å². The monoisotopic (exact) mass is 212 g/mol. The van der Waals surface area contributed by atoms with Crippen LogP contribution in [0.4, 0.5) is 9.18 Å². The van der Waals surface area contributed by atoms with Crippen molar-refractivity contribution in [1.82, 2.24) is 10.3 Å². The summed E-state index contributed by atoms with van der Waals surface area (Å²) in [7, 11) is 1.37. The quantitative estimate of drug-likeness (QED) is 0.593. The molecule has 80 valence electrons. The first kappa shape index (κ1) is 11.1. The SMILES string of the molecule is CNC(=O)OCC(=O)c1cccc(F)n1. The Morgan fingerprint density at radius 1 is 1.53 bits per heavy atom. The van der Waals surface area contributed by atoms with E-state index in [-0.39, 0.29) is 5.69 Å². The van der Waals surface area contributed by atoms with Crippen LogP contribution in [0.1, 0.15) is 10.5 Å². The molecule has 0 aromatic carbocycles. The number of halogens is 1. The van der Waals surface area contributed by atoms with Crippen molar-refractivity contribution in [2.24, 2.45) is 0 Å². The van der Waals surface area contributed by atoms with E-state index in [9.17, 15) is 14.0 Å². The van der Waals surface area contributed by atoms with Crippen LogP contribution in [-0.4, -0.2) is 30.5 Å². The van der Waals surface area contributed by atoms with Crippen molar-refractivity contribution in [2.75, 3.05) is 13.7 Å². The lowest BCUT2D eigenvalue weighted by atomic mass is 10.2. The molecular formula is C9H9FN2O3. The number of carbonyl (C=O) groups is 2. The summed E-state index contributed by atoms with van der Waals surface area (Å²) in [6.07, 6.45) is -0.722. The van der Waals surface area contributed by atoms with Gasteiger partial charge in [0.2, 0.25) is 11.7 Å². The van der Waals surface area contributed by atoms with E-state index in [1.807, 2.05) is 0 Å². The van der Waals surface area contributed by atoms with Gasteiger partial charge in [-0.15, -0.1) is 0 Å². The summed E-state index contributed by atoms with van der Waals surface area (Å²) < 4.78 is 17.1. The molecule has 1 aromatic rings. The number of ketones is 1. The average molecular weight is 212 g/mol. The number of nitrogens with one attached hydrogen (secondary N) is 1. The zero-order valence-corrected chi connectivity index (χ0v) is 7.99. The van der Waals surface area contributed by atoms with Gasteiger partial charge in [-0.25, -0.2) is 9.78 Å². The van der Waals surface area contributed by atoms with Gasteiger partial charge < -0.3 is 10.1 Å². The minimum atomic E-state index is -0.749. The smallest absolute Gasteiger partial charge is 0.407 e. The molecule has 0 fully saturated rings. The van der Waals surface area contributed by atoms with Gasteiger partial charge in [-0.3, -0.25) is 4.79 Å². The lowest BCUT2D eigenvalue weighted by molar-refractivity contribution is 0.0841. The van der Waals surface area contributed by atoms with Gasteiger partial charge in [0.05, 0.1) is 0 Å². The number of hydrogen-bond donors (Lipinski definition) is 1. The predicted molar refractivity (Wildman–Crippen MR) is 48.9 cm³/mol. The Morgan fingerprint density at radius 2 is 2.27 bits per heavy atom. The number of carbonyl (C=O) groups excluding carboxylic acids is 2. The van der Waals surface area contributed by atoms with Crippen molar-refractivity contribution < 1.29 is 18.7 Å². The van der Waals surface area contributed by atoms with E-state index in [0.29, 0.717) is 0 Å². The number of rotatable bonds is 3. The Labute approximate surface area is 85.3 Å². The first-order chi connectivity index (χ1) is 7.13. The van der Waals surface area contributed by atoms with Gasteiger partial charge in [0, 0.05) is 7.05 Å². The predicted octanol–water partition coefficient (Wildman–Crippen LogP) is 0.759. The van der Waals surface area contributed by atoms with Crippen LogP contribution in [0, 0.1) is 5.95 Å². The number of aromatic nitrogens is 1. The molecule has 0 radical (unpaired) electrons. The fourth-order valence-electron chi connectivity index (χ4n) is 0.841. The third-order valence-electron chi connectivity index (χ3n) is 1.54. The molecule has 0 bridgehead atoms. The van der Waals surface area contributed by atoms with Crippen LogP contribution in [0.2, 0.25) is 0 Å². The van der Waals surface area contributed by atoms with Gasteiger partial charge in [-0.2, -0.15) is 4.39 Å². The summed E-state index contributed by atoms with van der Waals surface area (Å²) in [4.78, 5) is 25.3. The molecule has 1 amide bonds. The van der Waals surface area contributed by atoms with Crippen LogP contribution >= 0.6 is 0 Å². The van der Waals surface area contributed by atoms with Gasteiger partial charge in [0.15, 0.2) is 6.61 Å². The number of nitrogens with zero attached hydrogens (tertiary/aromatic N) is 1. The minimum absolute atomic E-state index is 0.0705. The van der Waals surface area contributed by atoms with Crippen LogP contribution in [0.3, 0.4) is 0 Å². The minimum Gasteiger partial charge on any atom is -0.441 e. The van der Waals surface area contributed by atoms with Crippen molar-refractivity contribution in [2.45, 2.75) is 0 Å². The maximum absolute atomic E-state index is 12.6.